The number of pyridine rings is 1. The van der Waals surface area contributed by atoms with Crippen molar-refractivity contribution in [2.45, 2.75) is 0 Å². The monoisotopic (exact) mass is 295 g/mol. The molecule has 0 unspecified atom stereocenters. The molecular weight excluding hydrogens is 282 g/mol. The zero-order chi connectivity index (χ0) is 15.4. The Morgan fingerprint density at radius 2 is 1.86 bits per heavy atom. The molecule has 0 spiro atoms. The number of nitrogens with zero attached hydrogens (tertiary/aromatic N) is 4. The van der Waals surface area contributed by atoms with Crippen molar-refractivity contribution >= 4 is 11.6 Å². The van der Waals surface area contributed by atoms with Crippen LogP contribution in [0, 0.1) is 0 Å². The molecule has 0 saturated heterocycles. The Morgan fingerprint density at radius 3 is 2.55 bits per heavy atom. The summed E-state index contributed by atoms with van der Waals surface area (Å²) >= 11 is 0. The molecule has 1 aromatic carbocycles. The normalized spacial score (nSPS) is 10.2. The average Bonchev–Trinajstić information content (AvgIpc) is 3.10. The summed E-state index contributed by atoms with van der Waals surface area (Å²) in [5.74, 6) is 1.09. The maximum Gasteiger partial charge on any atom is 0.255 e. The SMILES string of the molecule is COc1ccc(NC(=O)c2ccnc(-n3cnnc3)c2)cc1. The van der Waals surface area contributed by atoms with Crippen LogP contribution < -0.4 is 10.1 Å². The van der Waals surface area contributed by atoms with Crippen LogP contribution in [0.3, 0.4) is 0 Å². The smallest absolute Gasteiger partial charge is 0.255 e. The van der Waals surface area contributed by atoms with Gasteiger partial charge in [0.05, 0.1) is 7.11 Å². The summed E-state index contributed by atoms with van der Waals surface area (Å²) in [6.45, 7) is 0. The molecule has 2 aromatic heterocycles. The van der Waals surface area contributed by atoms with E-state index in [0.29, 0.717) is 17.1 Å². The zero-order valence-corrected chi connectivity index (χ0v) is 11.8. The molecule has 1 N–H and O–H groups in total. The van der Waals surface area contributed by atoms with Crippen molar-refractivity contribution in [2.24, 2.45) is 0 Å². The zero-order valence-electron chi connectivity index (χ0n) is 11.8. The van der Waals surface area contributed by atoms with Crippen LogP contribution in [0.2, 0.25) is 0 Å². The summed E-state index contributed by atoms with van der Waals surface area (Å²) < 4.78 is 6.71. The lowest BCUT2D eigenvalue weighted by atomic mass is 10.2. The number of hydrogen-bond acceptors (Lipinski definition) is 5. The molecular formula is C15H13N5O2. The van der Waals surface area contributed by atoms with Crippen molar-refractivity contribution in [1.29, 1.82) is 0 Å². The van der Waals surface area contributed by atoms with Gasteiger partial charge in [-0.05, 0) is 36.4 Å². The van der Waals surface area contributed by atoms with Crippen LogP contribution in [-0.4, -0.2) is 32.8 Å². The molecule has 0 aliphatic heterocycles. The minimum Gasteiger partial charge on any atom is -0.497 e. The van der Waals surface area contributed by atoms with Crippen LogP contribution in [0.1, 0.15) is 10.4 Å². The molecule has 0 saturated carbocycles. The molecule has 0 bridgehead atoms. The third kappa shape index (κ3) is 2.93. The first-order chi connectivity index (χ1) is 10.8. The maximum absolute atomic E-state index is 12.3. The number of carbonyl (C=O) groups is 1. The van der Waals surface area contributed by atoms with E-state index in [1.165, 1.54) is 12.7 Å². The van der Waals surface area contributed by atoms with Crippen LogP contribution in [0.15, 0.2) is 55.2 Å². The molecule has 0 atom stereocenters. The highest BCUT2D eigenvalue weighted by Crippen LogP contribution is 2.16. The first kappa shape index (κ1) is 13.7. The molecule has 3 aromatic rings. The summed E-state index contributed by atoms with van der Waals surface area (Å²) in [5.41, 5.74) is 1.18. The molecule has 7 nitrogen and oxygen atoms in total. The van der Waals surface area contributed by atoms with E-state index in [2.05, 4.69) is 20.5 Å². The van der Waals surface area contributed by atoms with Crippen molar-refractivity contribution < 1.29 is 9.53 Å². The third-order valence-corrected chi connectivity index (χ3v) is 3.04. The average molecular weight is 295 g/mol. The maximum atomic E-state index is 12.3. The topological polar surface area (TPSA) is 81.9 Å². The van der Waals surface area contributed by atoms with E-state index < -0.39 is 0 Å². The van der Waals surface area contributed by atoms with E-state index in [-0.39, 0.29) is 5.91 Å². The van der Waals surface area contributed by atoms with Crippen molar-refractivity contribution in [2.75, 3.05) is 12.4 Å². The summed E-state index contributed by atoms with van der Waals surface area (Å²) in [6, 6.07) is 10.4. The van der Waals surface area contributed by atoms with Crippen molar-refractivity contribution in [3.63, 3.8) is 0 Å². The Labute approximate surface area is 126 Å². The number of aromatic nitrogens is 4. The number of methoxy groups -OCH3 is 1. The van der Waals surface area contributed by atoms with Gasteiger partial charge in [0.2, 0.25) is 0 Å². The quantitative estimate of drug-likeness (QED) is 0.795. The number of amides is 1. The Balaban J connectivity index is 1.78. The molecule has 3 rings (SSSR count). The van der Waals surface area contributed by atoms with Crippen molar-refractivity contribution in [1.82, 2.24) is 19.7 Å². The second-order valence-electron chi connectivity index (χ2n) is 4.45. The molecule has 0 aliphatic carbocycles. The third-order valence-electron chi connectivity index (χ3n) is 3.04. The standard InChI is InChI=1S/C15H13N5O2/c1-22-13-4-2-12(3-5-13)19-15(21)11-6-7-16-14(8-11)20-9-17-18-10-20/h2-10H,1H3,(H,19,21). The fourth-order valence-corrected chi connectivity index (χ4v) is 1.90. The fourth-order valence-electron chi connectivity index (χ4n) is 1.90. The number of hydrogen-bond donors (Lipinski definition) is 1. The highest BCUT2D eigenvalue weighted by atomic mass is 16.5. The summed E-state index contributed by atoms with van der Waals surface area (Å²) in [5, 5.41) is 10.3. The van der Waals surface area contributed by atoms with Gasteiger partial charge in [-0.2, -0.15) is 0 Å². The van der Waals surface area contributed by atoms with E-state index in [0.717, 1.165) is 5.75 Å². The Hall–Kier alpha value is -3.22. The highest BCUT2D eigenvalue weighted by Gasteiger charge is 2.08. The molecule has 22 heavy (non-hydrogen) atoms. The first-order valence-corrected chi connectivity index (χ1v) is 6.53. The molecule has 110 valence electrons. The molecule has 1 amide bonds. The summed E-state index contributed by atoms with van der Waals surface area (Å²) in [7, 11) is 1.59. The van der Waals surface area contributed by atoms with Gasteiger partial charge in [-0.3, -0.25) is 9.36 Å². The first-order valence-electron chi connectivity index (χ1n) is 6.53. The Morgan fingerprint density at radius 1 is 1.14 bits per heavy atom. The molecule has 2 heterocycles. The number of nitrogens with one attached hydrogen (secondary N) is 1. The van der Waals surface area contributed by atoms with Crippen molar-refractivity contribution in [3.8, 4) is 11.6 Å². The van der Waals surface area contributed by atoms with Crippen LogP contribution in [0.4, 0.5) is 5.69 Å². The van der Waals surface area contributed by atoms with Gasteiger partial charge in [0, 0.05) is 17.4 Å². The predicted molar refractivity (Wildman–Crippen MR) is 80.1 cm³/mol. The van der Waals surface area contributed by atoms with E-state index in [1.54, 1.807) is 54.3 Å². The van der Waals surface area contributed by atoms with Crippen molar-refractivity contribution in [3.05, 3.63) is 60.8 Å². The fraction of sp³-hybridized carbons (Fsp3) is 0.0667. The van der Waals surface area contributed by atoms with Crippen LogP contribution >= 0.6 is 0 Å². The second kappa shape index (κ2) is 6.04. The van der Waals surface area contributed by atoms with Gasteiger partial charge in [-0.1, -0.05) is 0 Å². The predicted octanol–water partition coefficient (Wildman–Crippen LogP) is 1.92. The Bertz CT molecular complexity index is 769. The lowest BCUT2D eigenvalue weighted by molar-refractivity contribution is 0.102. The summed E-state index contributed by atoms with van der Waals surface area (Å²) in [6.07, 6.45) is 4.61. The highest BCUT2D eigenvalue weighted by molar-refractivity contribution is 6.04. The van der Waals surface area contributed by atoms with Crippen LogP contribution in [0.5, 0.6) is 5.75 Å². The number of carbonyl (C=O) groups excluding carboxylic acids is 1. The largest absolute Gasteiger partial charge is 0.497 e. The van der Waals surface area contributed by atoms with E-state index in [1.807, 2.05) is 0 Å². The van der Waals surface area contributed by atoms with Gasteiger partial charge in [0.1, 0.15) is 24.2 Å². The van der Waals surface area contributed by atoms with Gasteiger partial charge < -0.3 is 10.1 Å². The van der Waals surface area contributed by atoms with Gasteiger partial charge >= 0.3 is 0 Å². The summed E-state index contributed by atoms with van der Waals surface area (Å²) in [4.78, 5) is 16.5. The Kier molecular flexibility index (Phi) is 3.78. The minimum atomic E-state index is -0.220. The van der Waals surface area contributed by atoms with Gasteiger partial charge in [0.25, 0.3) is 5.91 Å². The number of benzene rings is 1. The van der Waals surface area contributed by atoms with Crippen LogP contribution in [0.25, 0.3) is 5.82 Å². The molecule has 7 heteroatoms. The number of anilines is 1. The number of rotatable bonds is 4. The molecule has 0 radical (unpaired) electrons. The van der Waals surface area contributed by atoms with E-state index in [4.69, 9.17) is 4.74 Å². The lowest BCUT2D eigenvalue weighted by Crippen LogP contribution is -2.12. The van der Waals surface area contributed by atoms with Gasteiger partial charge in [-0.15, -0.1) is 10.2 Å². The van der Waals surface area contributed by atoms with Crippen LogP contribution in [-0.2, 0) is 0 Å². The van der Waals surface area contributed by atoms with Gasteiger partial charge in [0.15, 0.2) is 0 Å². The number of ether oxygens (including phenoxy) is 1. The second-order valence-corrected chi connectivity index (χ2v) is 4.45. The minimum absolute atomic E-state index is 0.220. The lowest BCUT2D eigenvalue weighted by Gasteiger charge is -2.07. The van der Waals surface area contributed by atoms with Gasteiger partial charge in [-0.25, -0.2) is 4.98 Å². The van der Waals surface area contributed by atoms with E-state index in [9.17, 15) is 4.79 Å². The molecule has 0 fully saturated rings. The van der Waals surface area contributed by atoms with E-state index >= 15 is 0 Å². The molecule has 0 aliphatic rings.